The lowest BCUT2D eigenvalue weighted by Gasteiger charge is -2.08. The molecule has 0 atom stereocenters. The van der Waals surface area contributed by atoms with Crippen LogP contribution in [0, 0.1) is 0 Å². The molecule has 3 nitrogen and oxygen atoms in total. The zero-order valence-corrected chi connectivity index (χ0v) is 10.6. The number of aromatic carboxylic acids is 1. The van der Waals surface area contributed by atoms with Crippen molar-refractivity contribution in [2.45, 2.75) is 0 Å². The Bertz CT molecular complexity index is 597. The Morgan fingerprint density at radius 2 is 1.89 bits per heavy atom. The Labute approximate surface area is 114 Å². The van der Waals surface area contributed by atoms with E-state index in [1.165, 1.54) is 18.2 Å². The van der Waals surface area contributed by atoms with Crippen LogP contribution < -0.4 is 4.74 Å². The highest BCUT2D eigenvalue weighted by Gasteiger charge is 2.08. The molecule has 0 heterocycles. The van der Waals surface area contributed by atoms with Gasteiger partial charge >= 0.3 is 5.97 Å². The first-order valence-electron chi connectivity index (χ1n) is 5.02. The summed E-state index contributed by atoms with van der Waals surface area (Å²) >= 11 is 11.8. The molecule has 0 radical (unpaired) electrons. The van der Waals surface area contributed by atoms with Gasteiger partial charge in [0.05, 0.1) is 10.6 Å². The van der Waals surface area contributed by atoms with Gasteiger partial charge in [0.15, 0.2) is 0 Å². The second kappa shape index (κ2) is 5.29. The molecular weight excluding hydrogens is 275 g/mol. The lowest BCUT2D eigenvalue weighted by Crippen LogP contribution is -1.96. The number of hydrogen-bond acceptors (Lipinski definition) is 2. The second-order valence-electron chi connectivity index (χ2n) is 3.51. The predicted molar refractivity (Wildman–Crippen MR) is 69.9 cm³/mol. The molecule has 1 N–H and O–H groups in total. The molecule has 92 valence electrons. The lowest BCUT2D eigenvalue weighted by atomic mass is 10.2. The van der Waals surface area contributed by atoms with Crippen molar-refractivity contribution < 1.29 is 14.6 Å². The molecule has 0 fully saturated rings. The van der Waals surface area contributed by atoms with Gasteiger partial charge in [-0.25, -0.2) is 4.79 Å². The van der Waals surface area contributed by atoms with E-state index in [4.69, 9.17) is 33.0 Å². The van der Waals surface area contributed by atoms with Crippen molar-refractivity contribution in [3.63, 3.8) is 0 Å². The van der Waals surface area contributed by atoms with Gasteiger partial charge in [-0.05, 0) is 36.4 Å². The first-order valence-corrected chi connectivity index (χ1v) is 5.78. The van der Waals surface area contributed by atoms with Gasteiger partial charge < -0.3 is 9.84 Å². The van der Waals surface area contributed by atoms with E-state index in [0.717, 1.165) is 0 Å². The van der Waals surface area contributed by atoms with Crippen LogP contribution in [0.4, 0.5) is 0 Å². The van der Waals surface area contributed by atoms with Gasteiger partial charge in [-0.1, -0.05) is 29.3 Å². The topological polar surface area (TPSA) is 46.5 Å². The zero-order chi connectivity index (χ0) is 13.1. The Hall–Kier alpha value is -1.71. The highest BCUT2D eigenvalue weighted by molar-refractivity contribution is 6.32. The van der Waals surface area contributed by atoms with Crippen LogP contribution in [0.1, 0.15) is 10.4 Å². The highest BCUT2D eigenvalue weighted by Crippen LogP contribution is 2.31. The second-order valence-corrected chi connectivity index (χ2v) is 4.35. The Balaban J connectivity index is 2.27. The van der Waals surface area contributed by atoms with Crippen molar-refractivity contribution in [3.8, 4) is 11.5 Å². The monoisotopic (exact) mass is 282 g/mol. The molecule has 0 saturated heterocycles. The van der Waals surface area contributed by atoms with Crippen molar-refractivity contribution in [1.82, 2.24) is 0 Å². The molecule has 5 heteroatoms. The minimum atomic E-state index is -1.04. The summed E-state index contributed by atoms with van der Waals surface area (Å²) < 4.78 is 5.52. The molecule has 0 aliphatic rings. The maximum atomic E-state index is 10.8. The number of halogens is 2. The van der Waals surface area contributed by atoms with Gasteiger partial charge in [-0.3, -0.25) is 0 Å². The fourth-order valence-corrected chi connectivity index (χ4v) is 1.77. The fourth-order valence-electron chi connectivity index (χ4n) is 1.37. The van der Waals surface area contributed by atoms with Crippen molar-refractivity contribution >= 4 is 29.2 Å². The summed E-state index contributed by atoms with van der Waals surface area (Å²) in [4.78, 5) is 10.8. The fraction of sp³-hybridized carbons (Fsp3) is 0. The number of rotatable bonds is 3. The Kier molecular flexibility index (Phi) is 3.75. The van der Waals surface area contributed by atoms with E-state index >= 15 is 0 Å². The van der Waals surface area contributed by atoms with Crippen molar-refractivity contribution in [1.29, 1.82) is 0 Å². The molecule has 0 saturated carbocycles. The molecule has 0 aromatic heterocycles. The van der Waals surface area contributed by atoms with Gasteiger partial charge in [-0.2, -0.15) is 0 Å². The number of benzene rings is 2. The molecule has 0 bridgehead atoms. The maximum absolute atomic E-state index is 10.8. The summed E-state index contributed by atoms with van der Waals surface area (Å²) in [6, 6.07) is 11.1. The van der Waals surface area contributed by atoms with Gasteiger partial charge in [0.25, 0.3) is 0 Å². The number of ether oxygens (including phenoxy) is 1. The molecule has 0 aliphatic heterocycles. The molecule has 2 aromatic rings. The number of hydrogen-bond donors (Lipinski definition) is 1. The van der Waals surface area contributed by atoms with Crippen LogP contribution in [0.5, 0.6) is 11.5 Å². The van der Waals surface area contributed by atoms with Crippen molar-refractivity contribution in [2.24, 2.45) is 0 Å². The summed E-state index contributed by atoms with van der Waals surface area (Å²) in [7, 11) is 0. The predicted octanol–water partition coefficient (Wildman–Crippen LogP) is 4.48. The van der Waals surface area contributed by atoms with Crippen LogP contribution in [0.2, 0.25) is 10.0 Å². The molecule has 2 aromatic carbocycles. The van der Waals surface area contributed by atoms with Gasteiger partial charge in [0.2, 0.25) is 0 Å². The number of carbonyl (C=O) groups is 1. The minimum Gasteiger partial charge on any atom is -0.478 e. The van der Waals surface area contributed by atoms with Crippen LogP contribution in [0.3, 0.4) is 0 Å². The number of carboxylic acids is 1. The summed E-state index contributed by atoms with van der Waals surface area (Å²) in [5.41, 5.74) is 0.110. The zero-order valence-electron chi connectivity index (χ0n) is 9.06. The van der Waals surface area contributed by atoms with Crippen LogP contribution in [-0.2, 0) is 0 Å². The smallest absolute Gasteiger partial charge is 0.335 e. The van der Waals surface area contributed by atoms with Crippen molar-refractivity contribution in [2.75, 3.05) is 0 Å². The summed E-state index contributed by atoms with van der Waals surface area (Å²) in [6.07, 6.45) is 0. The summed E-state index contributed by atoms with van der Waals surface area (Å²) in [5, 5.41) is 9.59. The third kappa shape index (κ3) is 2.94. The van der Waals surface area contributed by atoms with E-state index < -0.39 is 5.97 Å². The third-order valence-electron chi connectivity index (χ3n) is 2.20. The molecule has 0 aliphatic carbocycles. The average molecular weight is 283 g/mol. The van der Waals surface area contributed by atoms with E-state index in [1.807, 2.05) is 0 Å². The first-order chi connectivity index (χ1) is 8.56. The molecular formula is C13H8Cl2O3. The Morgan fingerprint density at radius 1 is 1.11 bits per heavy atom. The van der Waals surface area contributed by atoms with Crippen LogP contribution in [0.15, 0.2) is 42.5 Å². The molecule has 0 unspecified atom stereocenters. The quantitative estimate of drug-likeness (QED) is 0.903. The summed E-state index contributed by atoms with van der Waals surface area (Å²) in [5.74, 6) is -0.123. The van der Waals surface area contributed by atoms with Crippen molar-refractivity contribution in [3.05, 3.63) is 58.1 Å². The molecule has 0 spiro atoms. The standard InChI is InChI=1S/C13H8Cl2O3/c14-9-2-1-3-10(7-9)18-12-5-4-8(13(16)17)6-11(12)15/h1-7H,(H,16,17). The van der Waals surface area contributed by atoms with Gasteiger partial charge in [0, 0.05) is 5.02 Å². The summed E-state index contributed by atoms with van der Waals surface area (Å²) in [6.45, 7) is 0. The average Bonchev–Trinajstić information content (AvgIpc) is 2.31. The van der Waals surface area contributed by atoms with Gasteiger partial charge in [0.1, 0.15) is 11.5 Å². The largest absolute Gasteiger partial charge is 0.478 e. The third-order valence-corrected chi connectivity index (χ3v) is 2.73. The van der Waals surface area contributed by atoms with Crippen LogP contribution in [-0.4, -0.2) is 11.1 Å². The van der Waals surface area contributed by atoms with E-state index in [0.29, 0.717) is 16.5 Å². The molecule has 0 amide bonds. The SMILES string of the molecule is O=C(O)c1ccc(Oc2cccc(Cl)c2)c(Cl)c1. The molecule has 18 heavy (non-hydrogen) atoms. The maximum Gasteiger partial charge on any atom is 0.335 e. The highest BCUT2D eigenvalue weighted by atomic mass is 35.5. The van der Waals surface area contributed by atoms with E-state index in [9.17, 15) is 4.79 Å². The van der Waals surface area contributed by atoms with Crippen LogP contribution in [0.25, 0.3) is 0 Å². The van der Waals surface area contributed by atoms with E-state index in [1.54, 1.807) is 24.3 Å². The lowest BCUT2D eigenvalue weighted by molar-refractivity contribution is 0.0697. The Morgan fingerprint density at radius 3 is 2.50 bits per heavy atom. The normalized spacial score (nSPS) is 10.1. The van der Waals surface area contributed by atoms with E-state index in [-0.39, 0.29) is 10.6 Å². The van der Waals surface area contributed by atoms with Gasteiger partial charge in [-0.15, -0.1) is 0 Å². The number of carboxylic acid groups (broad SMARTS) is 1. The first kappa shape index (κ1) is 12.7. The minimum absolute atomic E-state index is 0.110. The van der Waals surface area contributed by atoms with Crippen LogP contribution >= 0.6 is 23.2 Å². The molecule has 2 rings (SSSR count). The van der Waals surface area contributed by atoms with E-state index in [2.05, 4.69) is 0 Å².